The van der Waals surface area contributed by atoms with Gasteiger partial charge in [0, 0.05) is 6.04 Å². The molecule has 0 aromatic rings. The molecule has 2 fully saturated rings. The zero-order valence-corrected chi connectivity index (χ0v) is 11.0. The molecule has 2 heterocycles. The average molecular weight is 260 g/mol. The van der Waals surface area contributed by atoms with Gasteiger partial charge in [0.1, 0.15) is 0 Å². The highest BCUT2D eigenvalue weighted by Gasteiger charge is 2.38. The second-order valence-corrected chi connectivity index (χ2v) is 7.15. The molecule has 1 amide bonds. The third kappa shape index (κ3) is 2.80. The molecule has 0 aromatic heterocycles. The molecule has 1 N–H and O–H groups in total. The molecule has 2 aliphatic rings. The first-order valence-corrected chi connectivity index (χ1v) is 8.10. The maximum Gasteiger partial charge on any atom is 0.241 e. The van der Waals surface area contributed by atoms with Gasteiger partial charge in [-0.25, -0.2) is 8.42 Å². The largest absolute Gasteiger partial charge is 0.325 e. The van der Waals surface area contributed by atoms with Crippen LogP contribution in [-0.4, -0.2) is 49.5 Å². The highest BCUT2D eigenvalue weighted by Crippen LogP contribution is 2.21. The predicted molar refractivity (Wildman–Crippen MR) is 65.2 cm³/mol. The molecule has 17 heavy (non-hydrogen) atoms. The van der Waals surface area contributed by atoms with Gasteiger partial charge in [0.25, 0.3) is 0 Å². The Morgan fingerprint density at radius 1 is 1.47 bits per heavy atom. The summed E-state index contributed by atoms with van der Waals surface area (Å²) in [6, 6.07) is -0.222. The molecule has 5 nitrogen and oxygen atoms in total. The molecule has 0 spiro atoms. The lowest BCUT2D eigenvalue weighted by molar-refractivity contribution is -0.130. The Kier molecular flexibility index (Phi) is 3.73. The fraction of sp³-hybridized carbons (Fsp3) is 0.909. The van der Waals surface area contributed by atoms with Crippen molar-refractivity contribution in [1.29, 1.82) is 0 Å². The standard InChI is InChI=1S/C11H20N2O3S/c1-2-4-10-11(14)13(8-12-10)9-5-3-6-17(15,16)7-9/h9-10,12H,2-8H2,1H3. The SMILES string of the molecule is CCCC1NCN(C2CCCS(=O)(=O)C2)C1=O. The van der Waals surface area contributed by atoms with E-state index in [4.69, 9.17) is 0 Å². The molecule has 0 bridgehead atoms. The van der Waals surface area contributed by atoms with Crippen molar-refractivity contribution < 1.29 is 13.2 Å². The van der Waals surface area contributed by atoms with Crippen LogP contribution in [0.3, 0.4) is 0 Å². The Bertz CT molecular complexity index is 394. The van der Waals surface area contributed by atoms with E-state index in [1.54, 1.807) is 4.90 Å². The summed E-state index contributed by atoms with van der Waals surface area (Å²) in [5.41, 5.74) is 0. The summed E-state index contributed by atoms with van der Waals surface area (Å²) in [6.07, 6.45) is 3.27. The monoisotopic (exact) mass is 260 g/mol. The van der Waals surface area contributed by atoms with Gasteiger partial charge in [0.05, 0.1) is 24.2 Å². The normalized spacial score (nSPS) is 33.0. The summed E-state index contributed by atoms with van der Waals surface area (Å²) in [6.45, 7) is 2.55. The van der Waals surface area contributed by atoms with Crippen LogP contribution in [0.2, 0.25) is 0 Å². The van der Waals surface area contributed by atoms with Crippen LogP contribution in [0.15, 0.2) is 0 Å². The minimum absolute atomic E-state index is 0.0777. The topological polar surface area (TPSA) is 66.5 Å². The number of amides is 1. The van der Waals surface area contributed by atoms with E-state index >= 15 is 0 Å². The summed E-state index contributed by atoms with van der Waals surface area (Å²) in [5.74, 6) is 0.491. The van der Waals surface area contributed by atoms with E-state index < -0.39 is 9.84 Å². The molecule has 98 valence electrons. The van der Waals surface area contributed by atoms with Gasteiger partial charge >= 0.3 is 0 Å². The third-order valence-corrected chi connectivity index (χ3v) is 5.35. The molecule has 2 aliphatic heterocycles. The Morgan fingerprint density at radius 3 is 2.88 bits per heavy atom. The Balaban J connectivity index is 2.02. The van der Waals surface area contributed by atoms with Crippen LogP contribution < -0.4 is 5.32 Å². The smallest absolute Gasteiger partial charge is 0.241 e. The van der Waals surface area contributed by atoms with Crippen molar-refractivity contribution in [3.63, 3.8) is 0 Å². The Labute approximate surface area is 102 Å². The number of nitrogens with one attached hydrogen (secondary N) is 1. The second-order valence-electron chi connectivity index (χ2n) is 4.92. The molecule has 0 radical (unpaired) electrons. The van der Waals surface area contributed by atoms with Crippen molar-refractivity contribution in [1.82, 2.24) is 10.2 Å². The van der Waals surface area contributed by atoms with Crippen molar-refractivity contribution >= 4 is 15.7 Å². The molecule has 2 unspecified atom stereocenters. The van der Waals surface area contributed by atoms with Crippen molar-refractivity contribution in [3.8, 4) is 0 Å². The number of hydrogen-bond acceptors (Lipinski definition) is 4. The van der Waals surface area contributed by atoms with E-state index in [9.17, 15) is 13.2 Å². The molecule has 0 saturated carbocycles. The molecule has 2 saturated heterocycles. The highest BCUT2D eigenvalue weighted by atomic mass is 32.2. The highest BCUT2D eigenvalue weighted by molar-refractivity contribution is 7.91. The van der Waals surface area contributed by atoms with Crippen molar-refractivity contribution in [2.45, 2.75) is 44.7 Å². The Morgan fingerprint density at radius 2 is 2.24 bits per heavy atom. The van der Waals surface area contributed by atoms with Gasteiger partial charge in [-0.05, 0) is 19.3 Å². The first-order valence-electron chi connectivity index (χ1n) is 6.28. The molecule has 2 rings (SSSR count). The first-order chi connectivity index (χ1) is 8.03. The van der Waals surface area contributed by atoms with E-state index in [2.05, 4.69) is 5.32 Å². The molecular weight excluding hydrogens is 240 g/mol. The minimum atomic E-state index is -2.94. The quantitative estimate of drug-likeness (QED) is 0.783. The lowest BCUT2D eigenvalue weighted by atomic mass is 10.1. The molecule has 0 aliphatic carbocycles. The van der Waals surface area contributed by atoms with Gasteiger partial charge in [-0.15, -0.1) is 0 Å². The van der Waals surface area contributed by atoms with Crippen LogP contribution in [0, 0.1) is 0 Å². The maximum atomic E-state index is 12.1. The van der Waals surface area contributed by atoms with Crippen molar-refractivity contribution in [3.05, 3.63) is 0 Å². The van der Waals surface area contributed by atoms with Crippen LogP contribution in [0.25, 0.3) is 0 Å². The summed E-state index contributed by atoms with van der Waals surface area (Å²) in [4.78, 5) is 13.8. The zero-order chi connectivity index (χ0) is 12.5. The number of carbonyl (C=O) groups is 1. The number of hydrogen-bond donors (Lipinski definition) is 1. The van der Waals surface area contributed by atoms with Gasteiger partial charge in [-0.2, -0.15) is 0 Å². The van der Waals surface area contributed by atoms with Gasteiger partial charge < -0.3 is 4.90 Å². The van der Waals surface area contributed by atoms with Gasteiger partial charge in [0.15, 0.2) is 9.84 Å². The average Bonchev–Trinajstić information content (AvgIpc) is 2.60. The first kappa shape index (κ1) is 12.8. The van der Waals surface area contributed by atoms with Crippen molar-refractivity contribution in [2.75, 3.05) is 18.2 Å². The molecular formula is C11H20N2O3S. The van der Waals surface area contributed by atoms with Crippen LogP contribution in [0.1, 0.15) is 32.6 Å². The Hall–Kier alpha value is -0.620. The second kappa shape index (κ2) is 4.94. The number of rotatable bonds is 3. The van der Waals surface area contributed by atoms with E-state index in [0.29, 0.717) is 13.1 Å². The zero-order valence-electron chi connectivity index (χ0n) is 10.2. The number of carbonyl (C=O) groups excluding carboxylic acids is 1. The van der Waals surface area contributed by atoms with Crippen LogP contribution in [0.4, 0.5) is 0 Å². The van der Waals surface area contributed by atoms with Gasteiger partial charge in [0.2, 0.25) is 5.91 Å². The summed E-state index contributed by atoms with van der Waals surface area (Å²) in [7, 11) is -2.94. The van der Waals surface area contributed by atoms with Crippen LogP contribution >= 0.6 is 0 Å². The van der Waals surface area contributed by atoms with Crippen LogP contribution in [0.5, 0.6) is 0 Å². The summed E-state index contributed by atoms with van der Waals surface area (Å²) >= 11 is 0. The van der Waals surface area contributed by atoms with E-state index in [-0.39, 0.29) is 29.5 Å². The minimum Gasteiger partial charge on any atom is -0.325 e. The van der Waals surface area contributed by atoms with Gasteiger partial charge in [-0.3, -0.25) is 10.1 Å². The predicted octanol–water partition coefficient (Wildman–Crippen LogP) is 0.122. The number of nitrogens with zero attached hydrogens (tertiary/aromatic N) is 1. The summed E-state index contributed by atoms with van der Waals surface area (Å²) in [5, 5.41) is 3.16. The van der Waals surface area contributed by atoms with E-state index in [1.807, 2.05) is 6.92 Å². The lowest BCUT2D eigenvalue weighted by Gasteiger charge is -2.30. The fourth-order valence-corrected chi connectivity index (χ4v) is 4.35. The van der Waals surface area contributed by atoms with E-state index in [0.717, 1.165) is 19.3 Å². The number of sulfone groups is 1. The third-order valence-electron chi connectivity index (χ3n) is 3.55. The van der Waals surface area contributed by atoms with Crippen molar-refractivity contribution in [2.24, 2.45) is 0 Å². The maximum absolute atomic E-state index is 12.1. The van der Waals surface area contributed by atoms with E-state index in [1.165, 1.54) is 0 Å². The van der Waals surface area contributed by atoms with Crippen LogP contribution in [-0.2, 0) is 14.6 Å². The van der Waals surface area contributed by atoms with Gasteiger partial charge in [-0.1, -0.05) is 13.3 Å². The fourth-order valence-electron chi connectivity index (χ4n) is 2.64. The molecule has 6 heteroatoms. The molecule has 2 atom stereocenters. The lowest BCUT2D eigenvalue weighted by Crippen LogP contribution is -2.45. The molecule has 0 aromatic carbocycles. The summed E-state index contributed by atoms with van der Waals surface area (Å²) < 4.78 is 23.1.